The number of halogens is 1. The van der Waals surface area contributed by atoms with Gasteiger partial charge >= 0.3 is 5.97 Å². The summed E-state index contributed by atoms with van der Waals surface area (Å²) in [5.74, 6) is -1.84. The van der Waals surface area contributed by atoms with E-state index in [0.29, 0.717) is 12.0 Å². The van der Waals surface area contributed by atoms with Crippen LogP contribution >= 0.6 is 0 Å². The third-order valence-electron chi connectivity index (χ3n) is 3.55. The van der Waals surface area contributed by atoms with Crippen LogP contribution in [0.2, 0.25) is 0 Å². The van der Waals surface area contributed by atoms with Gasteiger partial charge in [-0.15, -0.1) is 0 Å². The van der Waals surface area contributed by atoms with Crippen molar-refractivity contribution in [3.05, 3.63) is 41.7 Å². The molecule has 2 rings (SSSR count). The Morgan fingerprint density at radius 1 is 1.42 bits per heavy atom. The summed E-state index contributed by atoms with van der Waals surface area (Å²) >= 11 is 0. The summed E-state index contributed by atoms with van der Waals surface area (Å²) < 4.78 is 40.7. The van der Waals surface area contributed by atoms with Gasteiger partial charge in [0.05, 0.1) is 17.0 Å². The number of hydrogen-bond acceptors (Lipinski definition) is 5. The lowest BCUT2D eigenvalue weighted by atomic mass is 10.0. The summed E-state index contributed by atoms with van der Waals surface area (Å²) in [7, 11) is -3.14. The van der Waals surface area contributed by atoms with Crippen molar-refractivity contribution in [1.82, 2.24) is 5.32 Å². The topological polar surface area (TPSA) is 89.5 Å². The minimum absolute atomic E-state index is 0.0277. The molecule has 1 fully saturated rings. The van der Waals surface area contributed by atoms with Gasteiger partial charge in [-0.25, -0.2) is 17.6 Å². The van der Waals surface area contributed by atoms with E-state index in [2.05, 4.69) is 5.32 Å². The molecular weight excluding hydrogens is 337 g/mol. The third-order valence-corrected chi connectivity index (χ3v) is 5.45. The summed E-state index contributed by atoms with van der Waals surface area (Å²) in [6, 6.07) is 5.65. The van der Waals surface area contributed by atoms with E-state index in [1.165, 1.54) is 24.3 Å². The molecule has 1 amide bonds. The first-order valence-electron chi connectivity index (χ1n) is 7.29. The molecule has 6 nitrogen and oxygen atoms in total. The van der Waals surface area contributed by atoms with Gasteiger partial charge in [0.1, 0.15) is 5.82 Å². The smallest absolute Gasteiger partial charge is 0.331 e. The molecule has 0 bridgehead atoms. The standard InChI is InChI=1S/C16H18FNO5S/c1-16(7-8-24(21,22)11-16)18-14(19)10-23-15(20)6-5-12-3-2-4-13(17)9-12/h2-6,9H,7-8,10-11H2,1H3,(H,18,19)/b6-5+/t16-/m1/s1. The first-order chi connectivity index (χ1) is 11.2. The van der Waals surface area contributed by atoms with E-state index in [4.69, 9.17) is 4.74 Å². The first kappa shape index (κ1) is 18.1. The molecule has 0 spiro atoms. The number of nitrogens with one attached hydrogen (secondary N) is 1. The molecule has 1 aliphatic rings. The molecule has 1 aromatic rings. The molecule has 0 saturated carbocycles. The van der Waals surface area contributed by atoms with Crippen LogP contribution in [-0.2, 0) is 24.2 Å². The highest BCUT2D eigenvalue weighted by molar-refractivity contribution is 7.91. The van der Waals surface area contributed by atoms with Crippen LogP contribution in [0.3, 0.4) is 0 Å². The fourth-order valence-electron chi connectivity index (χ4n) is 2.44. The molecule has 8 heteroatoms. The monoisotopic (exact) mass is 355 g/mol. The zero-order valence-electron chi connectivity index (χ0n) is 13.1. The van der Waals surface area contributed by atoms with Gasteiger partial charge < -0.3 is 10.1 Å². The van der Waals surface area contributed by atoms with Gasteiger partial charge in [0.25, 0.3) is 5.91 Å². The zero-order chi connectivity index (χ0) is 17.8. The van der Waals surface area contributed by atoms with Crippen LogP contribution in [0.25, 0.3) is 6.08 Å². The Labute approximate surface area is 139 Å². The van der Waals surface area contributed by atoms with E-state index in [1.54, 1.807) is 13.0 Å². The summed E-state index contributed by atoms with van der Waals surface area (Å²) in [5.41, 5.74) is -0.347. The molecule has 1 saturated heterocycles. The van der Waals surface area contributed by atoms with Crippen molar-refractivity contribution in [2.24, 2.45) is 0 Å². The average Bonchev–Trinajstić information content (AvgIpc) is 2.76. The molecule has 1 atom stereocenters. The number of hydrogen-bond donors (Lipinski definition) is 1. The van der Waals surface area contributed by atoms with E-state index in [0.717, 1.165) is 6.08 Å². The highest BCUT2D eigenvalue weighted by Crippen LogP contribution is 2.22. The van der Waals surface area contributed by atoms with Gasteiger partial charge in [-0.1, -0.05) is 12.1 Å². The second-order valence-corrected chi connectivity index (χ2v) is 8.13. The highest BCUT2D eigenvalue weighted by atomic mass is 32.2. The van der Waals surface area contributed by atoms with Crippen LogP contribution in [0.4, 0.5) is 4.39 Å². The van der Waals surface area contributed by atoms with Gasteiger partial charge in [-0.05, 0) is 37.1 Å². The van der Waals surface area contributed by atoms with E-state index >= 15 is 0 Å². The second-order valence-electron chi connectivity index (χ2n) is 5.95. The molecule has 1 heterocycles. The lowest BCUT2D eigenvalue weighted by Gasteiger charge is -2.23. The van der Waals surface area contributed by atoms with Crippen molar-refractivity contribution < 1.29 is 27.1 Å². The third kappa shape index (κ3) is 5.45. The lowest BCUT2D eigenvalue weighted by molar-refractivity contribution is -0.144. The van der Waals surface area contributed by atoms with E-state index in [9.17, 15) is 22.4 Å². The number of carbonyl (C=O) groups excluding carboxylic acids is 2. The number of amides is 1. The molecule has 130 valence electrons. The summed E-state index contributed by atoms with van der Waals surface area (Å²) in [4.78, 5) is 23.3. The number of sulfone groups is 1. The van der Waals surface area contributed by atoms with Crippen molar-refractivity contribution in [2.45, 2.75) is 18.9 Å². The molecule has 0 aromatic heterocycles. The Morgan fingerprint density at radius 2 is 2.17 bits per heavy atom. The molecule has 0 aliphatic carbocycles. The summed E-state index contributed by atoms with van der Waals surface area (Å²) in [5, 5.41) is 2.58. The van der Waals surface area contributed by atoms with Crippen LogP contribution in [0.5, 0.6) is 0 Å². The van der Waals surface area contributed by atoms with Crippen LogP contribution < -0.4 is 5.32 Å². The molecule has 24 heavy (non-hydrogen) atoms. The van der Waals surface area contributed by atoms with Gasteiger partial charge in [-0.2, -0.15) is 0 Å². The van der Waals surface area contributed by atoms with Gasteiger partial charge in [0.15, 0.2) is 16.4 Å². The molecule has 1 aliphatic heterocycles. The molecule has 0 unspecified atom stereocenters. The molecule has 1 aromatic carbocycles. The van der Waals surface area contributed by atoms with Crippen molar-refractivity contribution in [1.29, 1.82) is 0 Å². The first-order valence-corrected chi connectivity index (χ1v) is 9.11. The van der Waals surface area contributed by atoms with Crippen molar-refractivity contribution >= 4 is 27.8 Å². The van der Waals surface area contributed by atoms with Gasteiger partial charge in [0.2, 0.25) is 0 Å². The fourth-order valence-corrected chi connectivity index (χ4v) is 4.53. The predicted octanol–water partition coefficient (Wildman–Crippen LogP) is 1.08. The molecular formula is C16H18FNO5S. The quantitative estimate of drug-likeness (QED) is 0.630. The van der Waals surface area contributed by atoms with Gasteiger partial charge in [-0.3, -0.25) is 4.79 Å². The number of rotatable bonds is 5. The minimum atomic E-state index is -3.14. The minimum Gasteiger partial charge on any atom is -0.452 e. The fraction of sp³-hybridized carbons (Fsp3) is 0.375. The van der Waals surface area contributed by atoms with Crippen molar-refractivity contribution in [3.63, 3.8) is 0 Å². The number of esters is 1. The predicted molar refractivity (Wildman–Crippen MR) is 86.2 cm³/mol. The number of ether oxygens (including phenoxy) is 1. The van der Waals surface area contributed by atoms with E-state index in [1.807, 2.05) is 0 Å². The molecule has 0 radical (unpaired) electrons. The Balaban J connectivity index is 1.80. The SMILES string of the molecule is C[C@@]1(NC(=O)COC(=O)/C=C/c2cccc(F)c2)CCS(=O)(=O)C1. The summed E-state index contributed by atoms with van der Waals surface area (Å²) in [6.45, 7) is 1.13. The van der Waals surface area contributed by atoms with E-state index in [-0.39, 0.29) is 11.5 Å². The summed E-state index contributed by atoms with van der Waals surface area (Å²) in [6.07, 6.45) is 2.78. The maximum absolute atomic E-state index is 13.0. The Hall–Kier alpha value is -2.22. The normalized spacial score (nSPS) is 22.4. The van der Waals surface area contributed by atoms with E-state index < -0.39 is 39.7 Å². The number of benzene rings is 1. The van der Waals surface area contributed by atoms with Crippen LogP contribution in [0.15, 0.2) is 30.3 Å². The van der Waals surface area contributed by atoms with Crippen LogP contribution in [0, 0.1) is 5.82 Å². The maximum Gasteiger partial charge on any atom is 0.331 e. The Morgan fingerprint density at radius 3 is 2.79 bits per heavy atom. The van der Waals surface area contributed by atoms with Crippen LogP contribution in [-0.4, -0.2) is 43.9 Å². The van der Waals surface area contributed by atoms with Crippen molar-refractivity contribution in [3.8, 4) is 0 Å². The van der Waals surface area contributed by atoms with Crippen LogP contribution in [0.1, 0.15) is 18.9 Å². The molecule has 1 N–H and O–H groups in total. The number of carbonyl (C=O) groups is 2. The Bertz CT molecular complexity index is 774. The average molecular weight is 355 g/mol. The largest absolute Gasteiger partial charge is 0.452 e. The zero-order valence-corrected chi connectivity index (χ0v) is 13.9. The van der Waals surface area contributed by atoms with Crippen molar-refractivity contribution in [2.75, 3.05) is 18.1 Å². The second kappa shape index (κ2) is 7.12. The lowest BCUT2D eigenvalue weighted by Crippen LogP contribution is -2.48. The highest BCUT2D eigenvalue weighted by Gasteiger charge is 2.39. The Kier molecular flexibility index (Phi) is 5.38. The maximum atomic E-state index is 13.0. The van der Waals surface area contributed by atoms with Gasteiger partial charge in [0, 0.05) is 6.08 Å².